The van der Waals surface area contributed by atoms with Gasteiger partial charge < -0.3 is 0 Å². The first-order valence-corrected chi connectivity index (χ1v) is 3.04. The lowest BCUT2D eigenvalue weighted by Crippen LogP contribution is -2.09. The Labute approximate surface area is 47.2 Å². The first kappa shape index (κ1) is 5.27. The highest BCUT2D eigenvalue weighted by Crippen LogP contribution is 2.17. The van der Waals surface area contributed by atoms with Crippen LogP contribution >= 0.6 is 0 Å². The van der Waals surface area contributed by atoms with Gasteiger partial charge in [-0.05, 0) is 0 Å². The summed E-state index contributed by atoms with van der Waals surface area (Å²) in [5.41, 5.74) is 0. The van der Waals surface area contributed by atoms with Gasteiger partial charge in [-0.3, -0.25) is 0 Å². The molecule has 0 amide bonds. The van der Waals surface area contributed by atoms with Gasteiger partial charge in [0, 0.05) is 0 Å². The maximum absolute atomic E-state index is 2.40. The van der Waals surface area contributed by atoms with Crippen molar-refractivity contribution in [2.45, 2.75) is 31.7 Å². The molecule has 1 unspecified atom stereocenters. The van der Waals surface area contributed by atoms with Crippen molar-refractivity contribution in [3.8, 4) is 0 Å². The SMILES string of the molecule is CC1[B]CC[B]C1. The number of hydrogen-bond donors (Lipinski definition) is 0. The molecule has 1 atom stereocenters. The summed E-state index contributed by atoms with van der Waals surface area (Å²) >= 11 is 0. The van der Waals surface area contributed by atoms with Crippen LogP contribution in [0.15, 0.2) is 0 Å². The molecule has 36 valence electrons. The topological polar surface area (TPSA) is 0 Å². The molecule has 0 bridgehead atoms. The van der Waals surface area contributed by atoms with E-state index < -0.39 is 0 Å². The Morgan fingerprint density at radius 2 is 2.29 bits per heavy atom. The molecule has 0 aromatic carbocycles. The van der Waals surface area contributed by atoms with Crippen LogP contribution in [0.2, 0.25) is 24.8 Å². The van der Waals surface area contributed by atoms with E-state index in [1.807, 2.05) is 0 Å². The van der Waals surface area contributed by atoms with Gasteiger partial charge in [0.2, 0.25) is 0 Å². The lowest BCUT2D eigenvalue weighted by molar-refractivity contribution is 1.00. The summed E-state index contributed by atoms with van der Waals surface area (Å²) in [5.74, 6) is 0.855. The lowest BCUT2D eigenvalue weighted by atomic mass is 9.44. The van der Waals surface area contributed by atoms with Crippen LogP contribution in [0.4, 0.5) is 0 Å². The molecule has 1 aliphatic heterocycles. The Morgan fingerprint density at radius 1 is 1.43 bits per heavy atom. The van der Waals surface area contributed by atoms with E-state index in [1.165, 1.54) is 19.0 Å². The molecule has 0 nitrogen and oxygen atoms in total. The molecular weight excluding hydrogens is 81.7 g/mol. The smallest absolute Gasteiger partial charge is 0.0871 e. The van der Waals surface area contributed by atoms with E-state index in [9.17, 15) is 0 Å². The minimum absolute atomic E-state index is 0.855. The minimum atomic E-state index is 0.855. The van der Waals surface area contributed by atoms with E-state index in [2.05, 4.69) is 21.5 Å². The van der Waals surface area contributed by atoms with Crippen LogP contribution in [0, 0.1) is 0 Å². The fraction of sp³-hybridized carbons (Fsp3) is 1.00. The van der Waals surface area contributed by atoms with Gasteiger partial charge in [-0.2, -0.15) is 0 Å². The molecular formula is C5H10B2. The zero-order chi connectivity index (χ0) is 5.11. The summed E-state index contributed by atoms with van der Waals surface area (Å²) in [6, 6.07) is 0. The van der Waals surface area contributed by atoms with Crippen molar-refractivity contribution in [3.05, 3.63) is 0 Å². The van der Waals surface area contributed by atoms with Gasteiger partial charge in [-0.15, -0.1) is 0 Å². The Hall–Kier alpha value is 0.130. The van der Waals surface area contributed by atoms with Gasteiger partial charge in [0.25, 0.3) is 0 Å². The first-order chi connectivity index (χ1) is 3.39. The number of hydrogen-bond acceptors (Lipinski definition) is 0. The van der Waals surface area contributed by atoms with Crippen LogP contribution in [0.3, 0.4) is 0 Å². The molecule has 0 aliphatic carbocycles. The van der Waals surface area contributed by atoms with Crippen LogP contribution < -0.4 is 0 Å². The van der Waals surface area contributed by atoms with Crippen molar-refractivity contribution in [1.82, 2.24) is 0 Å². The summed E-state index contributed by atoms with van der Waals surface area (Å²) < 4.78 is 0. The van der Waals surface area contributed by atoms with E-state index in [0.29, 0.717) is 0 Å². The molecule has 7 heavy (non-hydrogen) atoms. The molecule has 1 rings (SSSR count). The predicted molar refractivity (Wildman–Crippen MR) is 35.4 cm³/mol. The molecule has 1 aliphatic rings. The molecule has 0 spiro atoms. The normalized spacial score (nSPS) is 30.7. The summed E-state index contributed by atoms with van der Waals surface area (Å²) in [4.78, 5) is 0. The molecule has 0 saturated carbocycles. The van der Waals surface area contributed by atoms with E-state index >= 15 is 0 Å². The van der Waals surface area contributed by atoms with Gasteiger partial charge in [-0.25, -0.2) is 0 Å². The summed E-state index contributed by atoms with van der Waals surface area (Å²) in [7, 11) is 4.78. The highest BCUT2D eigenvalue weighted by atomic mass is 13.9. The van der Waals surface area contributed by atoms with Crippen molar-refractivity contribution < 1.29 is 0 Å². The van der Waals surface area contributed by atoms with Gasteiger partial charge in [0.05, 0.1) is 0 Å². The van der Waals surface area contributed by atoms with Crippen LogP contribution in [-0.4, -0.2) is 14.6 Å². The minimum Gasteiger partial charge on any atom is -0.0871 e. The zero-order valence-corrected chi connectivity index (χ0v) is 4.85. The van der Waals surface area contributed by atoms with Crippen LogP contribution in [0.1, 0.15) is 6.92 Å². The average Bonchev–Trinajstić information content (AvgIpc) is 1.69. The quantitative estimate of drug-likeness (QED) is 0.396. The molecule has 1 heterocycles. The third kappa shape index (κ3) is 1.58. The number of rotatable bonds is 0. The molecule has 0 aromatic heterocycles. The summed E-state index contributed by atoms with van der Waals surface area (Å²) in [6.07, 6.45) is 3.92. The van der Waals surface area contributed by atoms with Crippen molar-refractivity contribution in [2.24, 2.45) is 0 Å². The van der Waals surface area contributed by atoms with E-state index in [-0.39, 0.29) is 0 Å². The van der Waals surface area contributed by atoms with E-state index in [0.717, 1.165) is 5.82 Å². The first-order valence-electron chi connectivity index (χ1n) is 3.04. The highest BCUT2D eigenvalue weighted by Gasteiger charge is 2.08. The van der Waals surface area contributed by atoms with E-state index in [4.69, 9.17) is 0 Å². The van der Waals surface area contributed by atoms with Crippen molar-refractivity contribution in [2.75, 3.05) is 0 Å². The summed E-state index contributed by atoms with van der Waals surface area (Å²) in [6.45, 7) is 2.27. The molecule has 0 aromatic rings. The van der Waals surface area contributed by atoms with Crippen LogP contribution in [0.25, 0.3) is 0 Å². The highest BCUT2D eigenvalue weighted by molar-refractivity contribution is 6.49. The maximum atomic E-state index is 2.40. The van der Waals surface area contributed by atoms with Crippen molar-refractivity contribution >= 4 is 14.6 Å². The second-order valence-corrected chi connectivity index (χ2v) is 2.31. The van der Waals surface area contributed by atoms with Gasteiger partial charge in [0.15, 0.2) is 0 Å². The maximum Gasteiger partial charge on any atom is 0.111 e. The molecule has 1 fully saturated rings. The second kappa shape index (κ2) is 2.44. The zero-order valence-electron chi connectivity index (χ0n) is 4.85. The van der Waals surface area contributed by atoms with Crippen molar-refractivity contribution in [1.29, 1.82) is 0 Å². The fourth-order valence-electron chi connectivity index (χ4n) is 0.976. The van der Waals surface area contributed by atoms with Crippen LogP contribution in [0.5, 0.6) is 0 Å². The Kier molecular flexibility index (Phi) is 1.84. The standard InChI is InChI=1S/C5H10B2/c1-5-4-6-2-3-7-5/h5H,2-4H2,1H3. The van der Waals surface area contributed by atoms with E-state index in [1.54, 1.807) is 0 Å². The molecule has 1 saturated heterocycles. The Balaban J connectivity index is 2.12. The monoisotopic (exact) mass is 92.1 g/mol. The average molecular weight is 91.8 g/mol. The third-order valence-corrected chi connectivity index (χ3v) is 1.48. The predicted octanol–water partition coefficient (Wildman–Crippen LogP) is 1.47. The Bertz CT molecular complexity index is 48.0. The molecule has 0 N–H and O–H groups in total. The van der Waals surface area contributed by atoms with Gasteiger partial charge in [-0.1, -0.05) is 31.7 Å². The largest absolute Gasteiger partial charge is 0.111 e. The van der Waals surface area contributed by atoms with Gasteiger partial charge in [0.1, 0.15) is 14.6 Å². The Morgan fingerprint density at radius 3 is 2.57 bits per heavy atom. The van der Waals surface area contributed by atoms with Gasteiger partial charge >= 0.3 is 0 Å². The lowest BCUT2D eigenvalue weighted by Gasteiger charge is -2.13. The third-order valence-electron chi connectivity index (χ3n) is 1.48. The van der Waals surface area contributed by atoms with Crippen LogP contribution in [-0.2, 0) is 0 Å². The molecule has 2 radical (unpaired) electrons. The molecule has 2 heteroatoms. The second-order valence-electron chi connectivity index (χ2n) is 2.31. The fourth-order valence-corrected chi connectivity index (χ4v) is 0.976. The van der Waals surface area contributed by atoms with Crippen molar-refractivity contribution in [3.63, 3.8) is 0 Å². The summed E-state index contributed by atoms with van der Waals surface area (Å²) in [5, 5.41) is 0.